The van der Waals surface area contributed by atoms with Crippen molar-refractivity contribution in [2.24, 2.45) is 0 Å². The van der Waals surface area contributed by atoms with Gasteiger partial charge in [0, 0.05) is 22.7 Å². The molecule has 0 unspecified atom stereocenters. The summed E-state index contributed by atoms with van der Waals surface area (Å²) in [5.41, 5.74) is 2.97. The lowest BCUT2D eigenvalue weighted by Gasteiger charge is -2.13. The van der Waals surface area contributed by atoms with Crippen LogP contribution in [0.3, 0.4) is 0 Å². The zero-order chi connectivity index (χ0) is 25.8. The van der Waals surface area contributed by atoms with Crippen molar-refractivity contribution in [1.29, 1.82) is 0 Å². The smallest absolute Gasteiger partial charge is 0.238 e. The van der Waals surface area contributed by atoms with Crippen LogP contribution in [0.25, 0.3) is 71.9 Å². The first kappa shape index (κ1) is 21.7. The SMILES string of the molecule is c1ccc(-c2nc(-c3ccc4c5ccccc5c5ccccc5c4c3)nc(-n3ccc4ccccc43)n2)cc1. The molecule has 0 atom stereocenters. The lowest BCUT2D eigenvalue weighted by Crippen LogP contribution is -2.05. The van der Waals surface area contributed by atoms with Gasteiger partial charge in [0.1, 0.15) is 0 Å². The second-order valence-corrected chi connectivity index (χ2v) is 9.74. The summed E-state index contributed by atoms with van der Waals surface area (Å²) in [6.07, 6.45) is 2.03. The lowest BCUT2D eigenvalue weighted by molar-refractivity contribution is 0.933. The molecular weight excluding hydrogens is 476 g/mol. The number of aromatic nitrogens is 4. The Labute approximate surface area is 224 Å². The third kappa shape index (κ3) is 3.50. The van der Waals surface area contributed by atoms with Gasteiger partial charge < -0.3 is 0 Å². The van der Waals surface area contributed by atoms with Crippen molar-refractivity contribution >= 4 is 43.2 Å². The van der Waals surface area contributed by atoms with Crippen LogP contribution in [-0.2, 0) is 0 Å². The lowest BCUT2D eigenvalue weighted by atomic mass is 9.93. The van der Waals surface area contributed by atoms with E-state index in [-0.39, 0.29) is 0 Å². The molecule has 0 spiro atoms. The van der Waals surface area contributed by atoms with Gasteiger partial charge in [0.05, 0.1) is 5.52 Å². The van der Waals surface area contributed by atoms with Crippen molar-refractivity contribution in [2.45, 2.75) is 0 Å². The number of hydrogen-bond donors (Lipinski definition) is 0. The molecule has 182 valence electrons. The molecule has 0 saturated heterocycles. The van der Waals surface area contributed by atoms with E-state index in [1.165, 1.54) is 32.3 Å². The zero-order valence-corrected chi connectivity index (χ0v) is 21.0. The summed E-state index contributed by atoms with van der Waals surface area (Å²) in [7, 11) is 0. The van der Waals surface area contributed by atoms with Crippen LogP contribution in [0.2, 0.25) is 0 Å². The molecule has 0 bridgehead atoms. The Balaban J connectivity index is 1.41. The normalized spacial score (nSPS) is 11.6. The predicted octanol–water partition coefficient (Wildman–Crippen LogP) is 8.61. The molecule has 0 N–H and O–H groups in total. The van der Waals surface area contributed by atoms with Gasteiger partial charge in [-0.05, 0) is 50.5 Å². The van der Waals surface area contributed by atoms with E-state index in [0.717, 1.165) is 22.0 Å². The maximum absolute atomic E-state index is 5.01. The summed E-state index contributed by atoms with van der Waals surface area (Å²) < 4.78 is 2.04. The van der Waals surface area contributed by atoms with Crippen LogP contribution >= 0.6 is 0 Å². The van der Waals surface area contributed by atoms with Crippen LogP contribution in [0.5, 0.6) is 0 Å². The van der Waals surface area contributed by atoms with Crippen molar-refractivity contribution in [1.82, 2.24) is 19.5 Å². The maximum Gasteiger partial charge on any atom is 0.238 e. The quantitative estimate of drug-likeness (QED) is 0.229. The van der Waals surface area contributed by atoms with Crippen molar-refractivity contribution < 1.29 is 0 Å². The molecule has 0 radical (unpaired) electrons. The van der Waals surface area contributed by atoms with E-state index < -0.39 is 0 Å². The summed E-state index contributed by atoms with van der Waals surface area (Å²) in [4.78, 5) is 14.9. The van der Waals surface area contributed by atoms with E-state index in [1.54, 1.807) is 0 Å². The average molecular weight is 499 g/mol. The van der Waals surface area contributed by atoms with Gasteiger partial charge >= 0.3 is 0 Å². The van der Waals surface area contributed by atoms with Crippen LogP contribution in [0.4, 0.5) is 0 Å². The Morgan fingerprint density at radius 3 is 1.69 bits per heavy atom. The topological polar surface area (TPSA) is 43.6 Å². The molecule has 2 heterocycles. The summed E-state index contributed by atoms with van der Waals surface area (Å²) in [5, 5.41) is 8.54. The van der Waals surface area contributed by atoms with Gasteiger partial charge in [-0.1, -0.05) is 109 Å². The number of nitrogens with zero attached hydrogens (tertiary/aromatic N) is 4. The van der Waals surface area contributed by atoms with Gasteiger partial charge in [-0.3, -0.25) is 4.57 Å². The molecule has 4 heteroatoms. The van der Waals surface area contributed by atoms with Crippen LogP contribution in [0.15, 0.2) is 134 Å². The summed E-state index contributed by atoms with van der Waals surface area (Å²) in [6, 6.07) is 44.3. The number of hydrogen-bond acceptors (Lipinski definition) is 3. The molecule has 0 aliphatic heterocycles. The van der Waals surface area contributed by atoms with E-state index in [2.05, 4.69) is 84.9 Å². The predicted molar refractivity (Wildman–Crippen MR) is 160 cm³/mol. The fraction of sp³-hybridized carbons (Fsp3) is 0. The summed E-state index contributed by atoms with van der Waals surface area (Å²) in [6.45, 7) is 0. The molecule has 0 aliphatic carbocycles. The average Bonchev–Trinajstić information content (AvgIpc) is 3.46. The molecule has 8 aromatic rings. The molecule has 6 aromatic carbocycles. The third-order valence-corrected chi connectivity index (χ3v) is 7.47. The molecule has 0 aliphatic rings. The van der Waals surface area contributed by atoms with Crippen LogP contribution < -0.4 is 0 Å². The highest BCUT2D eigenvalue weighted by atomic mass is 15.2. The van der Waals surface area contributed by atoms with Crippen LogP contribution in [0, 0.1) is 0 Å². The van der Waals surface area contributed by atoms with Crippen molar-refractivity contribution in [3.05, 3.63) is 134 Å². The minimum absolute atomic E-state index is 0.600. The minimum atomic E-state index is 0.600. The van der Waals surface area contributed by atoms with Crippen LogP contribution in [0.1, 0.15) is 0 Å². The molecular formula is C35H22N4. The molecule has 0 fully saturated rings. The van der Waals surface area contributed by atoms with Crippen molar-refractivity contribution in [3.63, 3.8) is 0 Å². The second-order valence-electron chi connectivity index (χ2n) is 9.74. The van der Waals surface area contributed by atoms with Crippen molar-refractivity contribution in [3.8, 4) is 28.7 Å². The van der Waals surface area contributed by atoms with Crippen LogP contribution in [-0.4, -0.2) is 19.5 Å². The fourth-order valence-electron chi connectivity index (χ4n) is 5.62. The monoisotopic (exact) mass is 498 g/mol. The first-order valence-corrected chi connectivity index (χ1v) is 13.0. The summed E-state index contributed by atoms with van der Waals surface area (Å²) in [5.74, 6) is 1.90. The standard InChI is InChI=1S/C35H22N4/c1-2-11-24(12-3-1)33-36-34(38-35(37-33)39-21-20-23-10-4-9-17-32(23)39)25-18-19-30-28-15-6-5-13-26(28)27-14-7-8-16-29(27)31(30)22-25/h1-22H. The zero-order valence-electron chi connectivity index (χ0n) is 21.0. The molecule has 0 saturated carbocycles. The third-order valence-electron chi connectivity index (χ3n) is 7.47. The van der Waals surface area contributed by atoms with Gasteiger partial charge in [-0.15, -0.1) is 0 Å². The van der Waals surface area contributed by atoms with Gasteiger partial charge in [0.15, 0.2) is 11.6 Å². The van der Waals surface area contributed by atoms with E-state index in [1.807, 2.05) is 53.2 Å². The number of para-hydroxylation sites is 1. The highest BCUT2D eigenvalue weighted by molar-refractivity contribution is 6.25. The van der Waals surface area contributed by atoms with Gasteiger partial charge in [-0.25, -0.2) is 4.98 Å². The Morgan fingerprint density at radius 2 is 0.974 bits per heavy atom. The highest BCUT2D eigenvalue weighted by Crippen LogP contribution is 2.37. The van der Waals surface area contributed by atoms with E-state index in [4.69, 9.17) is 15.0 Å². The van der Waals surface area contributed by atoms with Gasteiger partial charge in [0.2, 0.25) is 5.95 Å². The Hall–Kier alpha value is -5.35. The molecule has 39 heavy (non-hydrogen) atoms. The minimum Gasteiger partial charge on any atom is -0.285 e. The summed E-state index contributed by atoms with van der Waals surface area (Å²) >= 11 is 0. The first-order valence-electron chi connectivity index (χ1n) is 13.0. The van der Waals surface area contributed by atoms with E-state index in [9.17, 15) is 0 Å². The second kappa shape index (κ2) is 8.61. The number of benzene rings is 6. The van der Waals surface area contributed by atoms with E-state index in [0.29, 0.717) is 17.6 Å². The van der Waals surface area contributed by atoms with Gasteiger partial charge in [0.25, 0.3) is 0 Å². The molecule has 8 rings (SSSR count). The Bertz CT molecular complexity index is 2140. The largest absolute Gasteiger partial charge is 0.285 e. The molecule has 0 amide bonds. The molecule has 2 aromatic heterocycles. The van der Waals surface area contributed by atoms with Crippen molar-refractivity contribution in [2.75, 3.05) is 0 Å². The van der Waals surface area contributed by atoms with E-state index >= 15 is 0 Å². The molecule has 4 nitrogen and oxygen atoms in total. The Kier molecular flexibility index (Phi) is 4.79. The number of rotatable bonds is 3. The first-order chi connectivity index (χ1) is 19.3. The number of fused-ring (bicyclic) bond motifs is 7. The fourth-order valence-corrected chi connectivity index (χ4v) is 5.62. The maximum atomic E-state index is 5.01. The highest BCUT2D eigenvalue weighted by Gasteiger charge is 2.15. The Morgan fingerprint density at radius 1 is 0.410 bits per heavy atom. The van der Waals surface area contributed by atoms with Gasteiger partial charge in [-0.2, -0.15) is 9.97 Å².